The second-order valence-corrected chi connectivity index (χ2v) is 5.27. The molecule has 94 valence electrons. The summed E-state index contributed by atoms with van der Waals surface area (Å²) < 4.78 is 0. The Morgan fingerprint density at radius 2 is 2.29 bits per heavy atom. The van der Waals surface area contributed by atoms with Gasteiger partial charge in [-0.15, -0.1) is 18.3 Å². The van der Waals surface area contributed by atoms with Crippen LogP contribution in [-0.2, 0) is 6.54 Å². The lowest BCUT2D eigenvalue weighted by Crippen LogP contribution is -2.13. The van der Waals surface area contributed by atoms with Crippen LogP contribution in [0.3, 0.4) is 0 Å². The standard InChI is InChI=1S/C15H23NS/c1-3-5-6-11-17-15-9-7-8-14(12-15)13-16-10-4-2/h3,7-9,12,16H,1,4-6,10-11,13H2,2H3. The molecule has 0 fully saturated rings. The van der Waals surface area contributed by atoms with Crippen LogP contribution in [0.25, 0.3) is 0 Å². The molecular weight excluding hydrogens is 226 g/mol. The molecule has 0 saturated carbocycles. The van der Waals surface area contributed by atoms with Gasteiger partial charge in [0, 0.05) is 11.4 Å². The number of nitrogens with one attached hydrogen (secondary N) is 1. The molecule has 0 atom stereocenters. The Labute approximate surface area is 110 Å². The zero-order chi connectivity index (χ0) is 12.3. The topological polar surface area (TPSA) is 12.0 Å². The van der Waals surface area contributed by atoms with E-state index in [1.54, 1.807) is 0 Å². The smallest absolute Gasteiger partial charge is 0.0205 e. The van der Waals surface area contributed by atoms with Crippen LogP contribution >= 0.6 is 11.8 Å². The molecule has 0 aliphatic carbocycles. The van der Waals surface area contributed by atoms with Gasteiger partial charge >= 0.3 is 0 Å². The van der Waals surface area contributed by atoms with E-state index < -0.39 is 0 Å². The van der Waals surface area contributed by atoms with Crippen molar-refractivity contribution in [2.45, 2.75) is 37.6 Å². The zero-order valence-corrected chi connectivity index (χ0v) is 11.6. The minimum absolute atomic E-state index is 0.981. The first-order valence-corrected chi connectivity index (χ1v) is 7.38. The van der Waals surface area contributed by atoms with Crippen molar-refractivity contribution < 1.29 is 0 Å². The highest BCUT2D eigenvalue weighted by Gasteiger charge is 1.96. The average molecular weight is 249 g/mol. The largest absolute Gasteiger partial charge is 0.313 e. The number of unbranched alkanes of at least 4 members (excludes halogenated alkanes) is 1. The van der Waals surface area contributed by atoms with Crippen LogP contribution in [0.5, 0.6) is 0 Å². The summed E-state index contributed by atoms with van der Waals surface area (Å²) >= 11 is 1.94. The molecule has 1 aromatic carbocycles. The van der Waals surface area contributed by atoms with Crippen LogP contribution in [0, 0.1) is 0 Å². The van der Waals surface area contributed by atoms with Crippen LogP contribution in [0.1, 0.15) is 31.7 Å². The summed E-state index contributed by atoms with van der Waals surface area (Å²) in [5.41, 5.74) is 1.38. The van der Waals surface area contributed by atoms with Gasteiger partial charge in [-0.2, -0.15) is 0 Å². The minimum Gasteiger partial charge on any atom is -0.313 e. The molecule has 0 radical (unpaired) electrons. The third-order valence-electron chi connectivity index (χ3n) is 2.48. The summed E-state index contributed by atoms with van der Waals surface area (Å²) in [5.74, 6) is 1.18. The Kier molecular flexibility index (Phi) is 7.85. The van der Waals surface area contributed by atoms with Crippen molar-refractivity contribution in [2.24, 2.45) is 0 Å². The quantitative estimate of drug-likeness (QED) is 0.399. The highest BCUT2D eigenvalue weighted by atomic mass is 32.2. The number of hydrogen-bond donors (Lipinski definition) is 1. The van der Waals surface area contributed by atoms with Gasteiger partial charge in [0.25, 0.3) is 0 Å². The molecule has 0 amide bonds. The van der Waals surface area contributed by atoms with E-state index in [0.717, 1.165) is 19.5 Å². The van der Waals surface area contributed by atoms with E-state index in [9.17, 15) is 0 Å². The maximum atomic E-state index is 3.74. The summed E-state index contributed by atoms with van der Waals surface area (Å²) in [7, 11) is 0. The van der Waals surface area contributed by atoms with Crippen LogP contribution in [0.15, 0.2) is 41.8 Å². The maximum absolute atomic E-state index is 3.74. The summed E-state index contributed by atoms with van der Waals surface area (Å²) in [4.78, 5) is 1.38. The number of hydrogen-bond acceptors (Lipinski definition) is 2. The van der Waals surface area contributed by atoms with Crippen LogP contribution in [0.4, 0.5) is 0 Å². The average Bonchev–Trinajstić information content (AvgIpc) is 2.36. The molecule has 0 bridgehead atoms. The normalized spacial score (nSPS) is 10.4. The monoisotopic (exact) mass is 249 g/mol. The second-order valence-electron chi connectivity index (χ2n) is 4.10. The molecule has 0 unspecified atom stereocenters. The van der Waals surface area contributed by atoms with Gasteiger partial charge in [-0.3, -0.25) is 0 Å². The minimum atomic E-state index is 0.981. The third kappa shape index (κ3) is 6.54. The lowest BCUT2D eigenvalue weighted by Gasteiger charge is -2.06. The van der Waals surface area contributed by atoms with Crippen molar-refractivity contribution >= 4 is 11.8 Å². The fourth-order valence-corrected chi connectivity index (χ4v) is 2.53. The summed E-state index contributed by atoms with van der Waals surface area (Å²) in [5, 5.41) is 3.43. The maximum Gasteiger partial charge on any atom is 0.0205 e. The molecule has 0 aromatic heterocycles. The van der Waals surface area contributed by atoms with E-state index in [1.165, 1.54) is 29.1 Å². The van der Waals surface area contributed by atoms with Gasteiger partial charge in [0.2, 0.25) is 0 Å². The zero-order valence-electron chi connectivity index (χ0n) is 10.7. The molecule has 2 heteroatoms. The van der Waals surface area contributed by atoms with Crippen molar-refractivity contribution in [3.8, 4) is 0 Å². The van der Waals surface area contributed by atoms with Gasteiger partial charge in [0.05, 0.1) is 0 Å². The van der Waals surface area contributed by atoms with E-state index in [-0.39, 0.29) is 0 Å². The lowest BCUT2D eigenvalue weighted by atomic mass is 10.2. The number of thioether (sulfide) groups is 1. The van der Waals surface area contributed by atoms with Crippen molar-refractivity contribution in [1.29, 1.82) is 0 Å². The first-order chi connectivity index (χ1) is 8.36. The molecule has 0 aliphatic heterocycles. The van der Waals surface area contributed by atoms with Gasteiger partial charge < -0.3 is 5.32 Å². The third-order valence-corrected chi connectivity index (χ3v) is 3.56. The highest BCUT2D eigenvalue weighted by molar-refractivity contribution is 7.99. The molecule has 1 nitrogen and oxygen atoms in total. The fourth-order valence-electron chi connectivity index (χ4n) is 1.57. The predicted molar refractivity (Wildman–Crippen MR) is 78.6 cm³/mol. The van der Waals surface area contributed by atoms with Crippen molar-refractivity contribution in [2.75, 3.05) is 12.3 Å². The first kappa shape index (κ1) is 14.3. The van der Waals surface area contributed by atoms with Crippen molar-refractivity contribution in [3.63, 3.8) is 0 Å². The van der Waals surface area contributed by atoms with Gasteiger partial charge in [-0.25, -0.2) is 0 Å². The van der Waals surface area contributed by atoms with E-state index >= 15 is 0 Å². The Bertz CT molecular complexity index is 322. The molecule has 1 aromatic rings. The molecule has 0 saturated heterocycles. The summed E-state index contributed by atoms with van der Waals surface area (Å²) in [6.45, 7) is 8.01. The molecule has 1 rings (SSSR count). The van der Waals surface area contributed by atoms with Gasteiger partial charge in [0.1, 0.15) is 0 Å². The Hall–Kier alpha value is -0.730. The second kappa shape index (κ2) is 9.32. The molecular formula is C15H23NS. The Morgan fingerprint density at radius 3 is 3.06 bits per heavy atom. The van der Waals surface area contributed by atoms with Crippen molar-refractivity contribution in [3.05, 3.63) is 42.5 Å². The molecule has 1 N–H and O–H groups in total. The van der Waals surface area contributed by atoms with Crippen LogP contribution in [0.2, 0.25) is 0 Å². The van der Waals surface area contributed by atoms with Gasteiger partial charge in [0.15, 0.2) is 0 Å². The first-order valence-electron chi connectivity index (χ1n) is 6.40. The number of rotatable bonds is 9. The molecule has 17 heavy (non-hydrogen) atoms. The Balaban J connectivity index is 2.34. The van der Waals surface area contributed by atoms with E-state index in [2.05, 4.69) is 43.1 Å². The van der Waals surface area contributed by atoms with E-state index in [0.29, 0.717) is 0 Å². The molecule has 0 spiro atoms. The van der Waals surface area contributed by atoms with Crippen molar-refractivity contribution in [1.82, 2.24) is 5.32 Å². The van der Waals surface area contributed by atoms with E-state index in [4.69, 9.17) is 0 Å². The van der Waals surface area contributed by atoms with Gasteiger partial charge in [-0.05, 0) is 49.3 Å². The fraction of sp³-hybridized carbons (Fsp3) is 0.467. The number of benzene rings is 1. The lowest BCUT2D eigenvalue weighted by molar-refractivity contribution is 0.674. The van der Waals surface area contributed by atoms with Crippen LogP contribution in [-0.4, -0.2) is 12.3 Å². The van der Waals surface area contributed by atoms with Crippen LogP contribution < -0.4 is 5.32 Å². The summed E-state index contributed by atoms with van der Waals surface area (Å²) in [6.07, 6.45) is 5.51. The summed E-state index contributed by atoms with van der Waals surface area (Å²) in [6, 6.07) is 8.83. The molecule has 0 aliphatic rings. The van der Waals surface area contributed by atoms with Gasteiger partial charge in [-0.1, -0.05) is 25.1 Å². The predicted octanol–water partition coefficient (Wildman–Crippen LogP) is 4.24. The highest BCUT2D eigenvalue weighted by Crippen LogP contribution is 2.20. The van der Waals surface area contributed by atoms with E-state index in [1.807, 2.05) is 17.8 Å². The Morgan fingerprint density at radius 1 is 1.41 bits per heavy atom. The number of allylic oxidation sites excluding steroid dienone is 1. The molecule has 0 heterocycles. The SMILES string of the molecule is C=CCCCSc1cccc(CNCCC)c1.